The van der Waals surface area contributed by atoms with E-state index in [0.717, 1.165) is 25.3 Å². The number of piperidine rings is 1. The molecule has 0 aromatic carbocycles. The molecular weight excluding hydrogens is 397 g/mol. The van der Waals surface area contributed by atoms with Gasteiger partial charge in [0.05, 0.1) is 11.5 Å². The number of pyridine rings is 1. The van der Waals surface area contributed by atoms with Gasteiger partial charge in [-0.1, -0.05) is 6.42 Å². The Bertz CT molecular complexity index is 789. The van der Waals surface area contributed by atoms with Crippen molar-refractivity contribution in [2.75, 3.05) is 44.2 Å². The largest absolute Gasteiger partial charge is 0.419 e. The van der Waals surface area contributed by atoms with Crippen molar-refractivity contribution in [1.29, 1.82) is 0 Å². The van der Waals surface area contributed by atoms with Crippen LogP contribution in [-0.4, -0.2) is 65.9 Å². The van der Waals surface area contributed by atoms with Gasteiger partial charge in [-0.25, -0.2) is 4.98 Å². The van der Waals surface area contributed by atoms with Crippen LogP contribution in [0.15, 0.2) is 18.3 Å². The third-order valence-corrected chi connectivity index (χ3v) is 6.52. The maximum Gasteiger partial charge on any atom is 0.419 e. The highest BCUT2D eigenvalue weighted by Gasteiger charge is 2.38. The molecule has 1 aromatic heterocycles. The summed E-state index contributed by atoms with van der Waals surface area (Å²) in [5, 5.41) is 0. The van der Waals surface area contributed by atoms with Crippen molar-refractivity contribution < 1.29 is 22.8 Å². The Kier molecular flexibility index (Phi) is 5.88. The van der Waals surface area contributed by atoms with Gasteiger partial charge in [-0.05, 0) is 37.8 Å². The van der Waals surface area contributed by atoms with Gasteiger partial charge >= 0.3 is 6.18 Å². The summed E-state index contributed by atoms with van der Waals surface area (Å²) in [6.45, 7) is 2.75. The monoisotopic (exact) mass is 424 g/mol. The molecule has 0 radical (unpaired) electrons. The summed E-state index contributed by atoms with van der Waals surface area (Å²) >= 11 is 0. The number of nitrogens with zero attached hydrogens (tertiary/aromatic N) is 4. The number of alkyl halides is 3. The molecule has 1 aromatic rings. The van der Waals surface area contributed by atoms with Crippen LogP contribution in [0.1, 0.15) is 37.7 Å². The van der Waals surface area contributed by atoms with Gasteiger partial charge < -0.3 is 14.7 Å². The zero-order valence-corrected chi connectivity index (χ0v) is 16.9. The number of hydrogen-bond acceptors (Lipinski definition) is 4. The molecule has 1 unspecified atom stereocenters. The van der Waals surface area contributed by atoms with Crippen molar-refractivity contribution in [3.63, 3.8) is 0 Å². The molecule has 2 saturated heterocycles. The van der Waals surface area contributed by atoms with Gasteiger partial charge in [0, 0.05) is 51.4 Å². The summed E-state index contributed by atoms with van der Waals surface area (Å²) < 4.78 is 40.1. The summed E-state index contributed by atoms with van der Waals surface area (Å²) in [5.74, 6) is -0.124. The lowest BCUT2D eigenvalue weighted by Gasteiger charge is -2.41. The van der Waals surface area contributed by atoms with Crippen LogP contribution < -0.4 is 4.90 Å². The molecule has 1 saturated carbocycles. The second-order valence-corrected chi connectivity index (χ2v) is 8.44. The fraction of sp³-hybridized carbons (Fsp3) is 0.667. The summed E-state index contributed by atoms with van der Waals surface area (Å²) in [5.41, 5.74) is -0.763. The zero-order valence-electron chi connectivity index (χ0n) is 16.9. The Morgan fingerprint density at radius 1 is 0.900 bits per heavy atom. The van der Waals surface area contributed by atoms with E-state index in [9.17, 15) is 22.8 Å². The lowest BCUT2D eigenvalue weighted by atomic mass is 9.84. The molecule has 0 N–H and O–H groups in total. The van der Waals surface area contributed by atoms with Crippen molar-refractivity contribution >= 4 is 17.6 Å². The fourth-order valence-electron chi connectivity index (χ4n) is 4.56. The Hall–Kier alpha value is -2.32. The van der Waals surface area contributed by atoms with Crippen LogP contribution in [0.2, 0.25) is 0 Å². The van der Waals surface area contributed by atoms with Crippen molar-refractivity contribution in [3.05, 3.63) is 23.9 Å². The third-order valence-electron chi connectivity index (χ3n) is 6.52. The smallest absolute Gasteiger partial charge is 0.355 e. The van der Waals surface area contributed by atoms with Crippen molar-refractivity contribution in [3.8, 4) is 0 Å². The van der Waals surface area contributed by atoms with Crippen molar-refractivity contribution in [2.24, 2.45) is 11.8 Å². The number of hydrogen-bond donors (Lipinski definition) is 0. The van der Waals surface area contributed by atoms with Crippen LogP contribution in [0.5, 0.6) is 0 Å². The van der Waals surface area contributed by atoms with E-state index in [1.54, 1.807) is 9.80 Å². The summed E-state index contributed by atoms with van der Waals surface area (Å²) in [6.07, 6.45) is 1.21. The molecule has 2 aliphatic heterocycles. The summed E-state index contributed by atoms with van der Waals surface area (Å²) in [7, 11) is 0. The molecule has 3 fully saturated rings. The van der Waals surface area contributed by atoms with Crippen LogP contribution in [0.4, 0.5) is 19.0 Å². The lowest BCUT2D eigenvalue weighted by molar-refractivity contribution is -0.145. The van der Waals surface area contributed by atoms with E-state index in [1.165, 1.54) is 12.3 Å². The molecule has 1 aliphatic carbocycles. The van der Waals surface area contributed by atoms with Crippen molar-refractivity contribution in [2.45, 2.75) is 38.3 Å². The number of carbonyl (C=O) groups is 2. The average molecular weight is 424 g/mol. The van der Waals surface area contributed by atoms with E-state index in [2.05, 4.69) is 4.98 Å². The summed E-state index contributed by atoms with van der Waals surface area (Å²) in [4.78, 5) is 34.6. The first kappa shape index (κ1) is 20.9. The topological polar surface area (TPSA) is 56.8 Å². The van der Waals surface area contributed by atoms with Crippen LogP contribution in [-0.2, 0) is 15.8 Å². The minimum Gasteiger partial charge on any atom is -0.355 e. The molecule has 4 rings (SSSR count). The number of halogens is 3. The normalized spacial score (nSPS) is 23.3. The number of anilines is 1. The number of amides is 2. The second kappa shape index (κ2) is 8.43. The van der Waals surface area contributed by atoms with Gasteiger partial charge in [-0.15, -0.1) is 0 Å². The lowest BCUT2D eigenvalue weighted by Crippen LogP contribution is -2.55. The first-order chi connectivity index (χ1) is 14.3. The van der Waals surface area contributed by atoms with Crippen LogP contribution in [0, 0.1) is 11.8 Å². The molecule has 164 valence electrons. The highest BCUT2D eigenvalue weighted by Crippen LogP contribution is 2.36. The Balaban J connectivity index is 1.37. The Labute approximate surface area is 174 Å². The van der Waals surface area contributed by atoms with Crippen LogP contribution in [0.3, 0.4) is 0 Å². The quantitative estimate of drug-likeness (QED) is 0.749. The van der Waals surface area contributed by atoms with E-state index in [0.29, 0.717) is 45.6 Å². The van der Waals surface area contributed by atoms with E-state index >= 15 is 0 Å². The molecule has 6 nitrogen and oxygen atoms in total. The first-order valence-corrected chi connectivity index (χ1v) is 10.7. The molecule has 3 heterocycles. The number of aromatic nitrogens is 1. The van der Waals surface area contributed by atoms with E-state index < -0.39 is 11.7 Å². The molecule has 9 heteroatoms. The number of carbonyl (C=O) groups excluding carboxylic acids is 2. The van der Waals surface area contributed by atoms with Gasteiger partial charge in [-0.3, -0.25) is 9.59 Å². The minimum absolute atomic E-state index is 0.0278. The van der Waals surface area contributed by atoms with Crippen molar-refractivity contribution in [1.82, 2.24) is 14.8 Å². The first-order valence-electron chi connectivity index (χ1n) is 10.7. The highest BCUT2D eigenvalue weighted by molar-refractivity contribution is 5.82. The van der Waals surface area contributed by atoms with E-state index in [-0.39, 0.29) is 36.0 Å². The van der Waals surface area contributed by atoms with E-state index in [4.69, 9.17) is 0 Å². The maximum absolute atomic E-state index is 13.4. The van der Waals surface area contributed by atoms with Gasteiger partial charge in [0.2, 0.25) is 11.8 Å². The summed E-state index contributed by atoms with van der Waals surface area (Å²) in [6, 6.07) is 2.31. The standard InChI is InChI=1S/C21H27F3N4O2/c22-21(23,24)17-7-2-8-25-18(17)28-9-3-6-16(14-28)20(30)27-12-10-26(11-13-27)19(29)15-4-1-5-15/h2,7-8,15-16H,1,3-6,9-14H2. The average Bonchev–Trinajstić information content (AvgIpc) is 2.71. The third kappa shape index (κ3) is 4.25. The SMILES string of the molecule is O=C(C1CCC1)N1CCN(C(=O)C2CCCN(c3ncccc3C(F)(F)F)C2)CC1. The number of rotatable bonds is 3. The predicted octanol–water partition coefficient (Wildman–Crippen LogP) is 2.79. The Morgan fingerprint density at radius 3 is 2.07 bits per heavy atom. The van der Waals surface area contributed by atoms with E-state index in [1.807, 2.05) is 4.90 Å². The van der Waals surface area contributed by atoms with Crippen LogP contribution in [0.25, 0.3) is 0 Å². The predicted molar refractivity (Wildman–Crippen MR) is 105 cm³/mol. The van der Waals surface area contributed by atoms with Gasteiger partial charge in [0.1, 0.15) is 5.82 Å². The molecule has 30 heavy (non-hydrogen) atoms. The molecule has 0 spiro atoms. The maximum atomic E-state index is 13.4. The van der Waals surface area contributed by atoms with Gasteiger partial charge in [0.15, 0.2) is 0 Å². The minimum atomic E-state index is -4.48. The zero-order chi connectivity index (χ0) is 21.3. The number of piperazine rings is 1. The molecule has 0 bridgehead atoms. The molecule has 1 atom stereocenters. The highest BCUT2D eigenvalue weighted by atomic mass is 19.4. The second-order valence-electron chi connectivity index (χ2n) is 8.44. The molecule has 2 amide bonds. The molecule has 3 aliphatic rings. The Morgan fingerprint density at radius 2 is 1.50 bits per heavy atom. The molecular formula is C21H27F3N4O2. The fourth-order valence-corrected chi connectivity index (χ4v) is 4.56. The van der Waals surface area contributed by atoms with Gasteiger partial charge in [-0.2, -0.15) is 13.2 Å². The van der Waals surface area contributed by atoms with Gasteiger partial charge in [0.25, 0.3) is 0 Å². The van der Waals surface area contributed by atoms with Crippen LogP contribution >= 0.6 is 0 Å².